The van der Waals surface area contributed by atoms with Crippen LogP contribution in [0.2, 0.25) is 0 Å². The molecule has 0 unspecified atom stereocenters. The number of allylic oxidation sites excluding steroid dienone is 1. The van der Waals surface area contributed by atoms with E-state index < -0.39 is 69.1 Å². The van der Waals surface area contributed by atoms with Crippen LogP contribution in [0, 0.1) is 11.3 Å². The number of hydrogen-bond acceptors (Lipinski definition) is 9. The molecule has 5 atom stereocenters. The third-order valence-corrected chi connectivity index (χ3v) is 11.7. The summed E-state index contributed by atoms with van der Waals surface area (Å²) >= 11 is 0. The van der Waals surface area contributed by atoms with Crippen LogP contribution in [0.1, 0.15) is 71.3 Å². The van der Waals surface area contributed by atoms with E-state index in [4.69, 9.17) is 9.47 Å². The highest BCUT2D eigenvalue weighted by atomic mass is 32.2. The number of rotatable bonds is 6. The Kier molecular flexibility index (Phi) is 10.6. The molecule has 1 aromatic carbocycles. The highest BCUT2D eigenvalue weighted by Gasteiger charge is 2.62. The predicted octanol–water partition coefficient (Wildman–Crippen LogP) is 3.44. The summed E-state index contributed by atoms with van der Waals surface area (Å²) in [6.07, 6.45) is 9.35. The molecule has 4 bridgehead atoms. The maximum Gasteiger partial charge on any atom is 0.407 e. The molecule has 14 nitrogen and oxygen atoms in total. The number of nitrogens with zero attached hydrogens (tertiary/aromatic N) is 3. The van der Waals surface area contributed by atoms with Gasteiger partial charge in [0, 0.05) is 37.0 Å². The summed E-state index contributed by atoms with van der Waals surface area (Å²) in [6.45, 7) is 9.90. The quantitative estimate of drug-likeness (QED) is 0.375. The summed E-state index contributed by atoms with van der Waals surface area (Å²) in [5.74, 6) is -2.24. The van der Waals surface area contributed by atoms with Crippen molar-refractivity contribution in [3.05, 3.63) is 54.8 Å². The van der Waals surface area contributed by atoms with E-state index in [-0.39, 0.29) is 26.0 Å². The third-order valence-electron chi connectivity index (χ3n) is 10.2. The van der Waals surface area contributed by atoms with E-state index in [1.807, 2.05) is 36.4 Å². The van der Waals surface area contributed by atoms with E-state index in [1.54, 1.807) is 27.0 Å². The maximum absolute atomic E-state index is 14.5. The number of hydrogen-bond donors (Lipinski definition) is 3. The minimum atomic E-state index is -4.14. The van der Waals surface area contributed by atoms with Gasteiger partial charge in [-0.1, -0.05) is 57.6 Å². The first-order chi connectivity index (χ1) is 24.7. The molecule has 6 rings (SSSR count). The van der Waals surface area contributed by atoms with Gasteiger partial charge in [0.05, 0.1) is 13.2 Å². The molecule has 1 saturated carbocycles. The van der Waals surface area contributed by atoms with Crippen molar-refractivity contribution in [3.63, 3.8) is 0 Å². The van der Waals surface area contributed by atoms with Gasteiger partial charge in [-0.3, -0.25) is 14.4 Å². The van der Waals surface area contributed by atoms with E-state index in [0.717, 1.165) is 22.8 Å². The fourth-order valence-electron chi connectivity index (χ4n) is 7.16. The first-order valence-corrected chi connectivity index (χ1v) is 19.4. The van der Waals surface area contributed by atoms with E-state index in [0.29, 0.717) is 44.7 Å². The number of amides is 4. The van der Waals surface area contributed by atoms with Crippen LogP contribution in [0.25, 0.3) is 16.8 Å². The maximum atomic E-state index is 14.5. The van der Waals surface area contributed by atoms with Crippen LogP contribution in [0.5, 0.6) is 5.88 Å². The zero-order valence-corrected chi connectivity index (χ0v) is 30.7. The molecule has 2 saturated heterocycles. The van der Waals surface area contributed by atoms with Gasteiger partial charge >= 0.3 is 16.3 Å². The monoisotopic (exact) mass is 736 g/mol. The summed E-state index contributed by atoms with van der Waals surface area (Å²) < 4.78 is 41.6. The molecule has 280 valence electrons. The average Bonchev–Trinajstić information content (AvgIpc) is 3.67. The molecular weight excluding hydrogens is 689 g/mol. The number of piperidine rings is 1. The average molecular weight is 737 g/mol. The number of benzene rings is 1. The number of aromatic nitrogens is 1. The second-order valence-electron chi connectivity index (χ2n) is 15.1. The van der Waals surface area contributed by atoms with E-state index in [1.165, 1.54) is 15.3 Å². The number of alkyl carbamates (subject to hydrolysis) is 1. The zero-order valence-electron chi connectivity index (χ0n) is 29.9. The Morgan fingerprint density at radius 3 is 2.60 bits per heavy atom. The lowest BCUT2D eigenvalue weighted by Gasteiger charge is -2.35. The van der Waals surface area contributed by atoms with Crippen LogP contribution < -0.4 is 20.1 Å². The van der Waals surface area contributed by atoms with Gasteiger partial charge in [-0.2, -0.15) is 12.7 Å². The van der Waals surface area contributed by atoms with Crippen molar-refractivity contribution in [1.82, 2.24) is 29.5 Å². The normalized spacial score (nSPS) is 28.1. The van der Waals surface area contributed by atoms with Crippen molar-refractivity contribution >= 4 is 50.9 Å². The second-order valence-corrected chi connectivity index (χ2v) is 16.8. The molecule has 15 heteroatoms. The first kappa shape index (κ1) is 37.3. The predicted molar refractivity (Wildman–Crippen MR) is 194 cm³/mol. The van der Waals surface area contributed by atoms with E-state index in [2.05, 4.69) is 26.9 Å². The molecular formula is C37H48N6O8S. The lowest BCUT2D eigenvalue weighted by molar-refractivity contribution is -0.142. The molecule has 2 aromatic rings. The standard InChI is InChI=1S/C37H48N6O8S/c1-5-26-22-37(26,34(46)41-52(48,49)42-17-9-7-10-18-42)40-31(44)29-21-27-23-43(29)33(45)30(36(2,3)4)39-35(47)50-19-11-6-8-12-24-13-14-25-15-16-38-32(51-27)28(25)20-24/h5,8,12-16,20,26-27,29-30H,1,6-7,9-11,17-19,21-23H2,2-4H3,(H,39,47)(H,40,44)(H,41,46)/b12-8+/t26-,27-,29+,30-,37-/m1/s1. The fourth-order valence-corrected chi connectivity index (χ4v) is 8.45. The van der Waals surface area contributed by atoms with Crippen molar-refractivity contribution in [1.29, 1.82) is 0 Å². The number of carbonyl (C=O) groups is 4. The number of fused-ring (bicyclic) bond motifs is 3. The van der Waals surface area contributed by atoms with Gasteiger partial charge in [0.25, 0.3) is 5.91 Å². The Labute approximate surface area is 304 Å². The molecule has 4 amide bonds. The summed E-state index contributed by atoms with van der Waals surface area (Å²) in [5, 5.41) is 7.20. The molecule has 1 aromatic heterocycles. The minimum Gasteiger partial charge on any atom is -0.472 e. The van der Waals surface area contributed by atoms with Crippen molar-refractivity contribution < 1.29 is 37.1 Å². The van der Waals surface area contributed by atoms with E-state index >= 15 is 0 Å². The summed E-state index contributed by atoms with van der Waals surface area (Å²) in [6, 6.07) is 5.56. The van der Waals surface area contributed by atoms with Crippen molar-refractivity contribution in [2.75, 3.05) is 26.2 Å². The van der Waals surface area contributed by atoms with Crippen LogP contribution in [-0.4, -0.2) is 96.4 Å². The Hall–Kier alpha value is -4.50. The Bertz CT molecular complexity index is 1870. The number of cyclic esters (lactones) is 1. The van der Waals surface area contributed by atoms with Gasteiger partial charge in [-0.15, -0.1) is 6.58 Å². The minimum absolute atomic E-state index is 0.0225. The number of ether oxygens (including phenoxy) is 2. The fraction of sp³-hybridized carbons (Fsp3) is 0.541. The second kappa shape index (κ2) is 14.9. The van der Waals surface area contributed by atoms with Gasteiger partial charge < -0.3 is 25.0 Å². The van der Waals surface area contributed by atoms with Gasteiger partial charge in [0.1, 0.15) is 23.7 Å². The third kappa shape index (κ3) is 7.94. The van der Waals surface area contributed by atoms with Crippen LogP contribution in [0.15, 0.2) is 49.2 Å². The Balaban J connectivity index is 1.31. The molecule has 4 heterocycles. The molecule has 4 aliphatic rings. The van der Waals surface area contributed by atoms with E-state index in [9.17, 15) is 27.6 Å². The molecule has 0 spiro atoms. The van der Waals surface area contributed by atoms with Crippen LogP contribution in [-0.2, 0) is 29.3 Å². The summed E-state index contributed by atoms with van der Waals surface area (Å²) in [5.41, 5.74) is -1.44. The lowest BCUT2D eigenvalue weighted by atomic mass is 9.85. The number of carbonyl (C=O) groups excluding carboxylic acids is 4. The Morgan fingerprint density at radius 1 is 1.12 bits per heavy atom. The molecule has 3 N–H and O–H groups in total. The SMILES string of the molecule is C=C[C@@H]1C[C@]1(NC(=O)[C@@H]1C[C@@H]2CN1C(=O)[C@H](C(C)(C)C)NC(=O)OCCC/C=C/c1ccc3ccnc(c3c1)O2)C(=O)NS(=O)(=O)N1CCCCC1. The van der Waals surface area contributed by atoms with Gasteiger partial charge in [0.2, 0.25) is 17.7 Å². The Morgan fingerprint density at radius 2 is 1.88 bits per heavy atom. The number of nitrogens with one attached hydrogen (secondary N) is 3. The van der Waals surface area contributed by atoms with Crippen LogP contribution >= 0.6 is 0 Å². The largest absolute Gasteiger partial charge is 0.472 e. The van der Waals surface area contributed by atoms with Crippen molar-refractivity contribution in [2.24, 2.45) is 11.3 Å². The van der Waals surface area contributed by atoms with Crippen molar-refractivity contribution in [3.8, 4) is 5.88 Å². The van der Waals surface area contributed by atoms with Gasteiger partial charge in [0.15, 0.2) is 0 Å². The first-order valence-electron chi connectivity index (χ1n) is 17.9. The zero-order chi connectivity index (χ0) is 37.3. The van der Waals surface area contributed by atoms with Crippen LogP contribution in [0.4, 0.5) is 4.79 Å². The number of pyridine rings is 1. The summed E-state index contributed by atoms with van der Waals surface area (Å²) in [4.78, 5) is 61.3. The molecule has 0 radical (unpaired) electrons. The summed E-state index contributed by atoms with van der Waals surface area (Å²) in [7, 11) is -4.14. The highest BCUT2D eigenvalue weighted by Crippen LogP contribution is 2.45. The molecule has 52 heavy (non-hydrogen) atoms. The van der Waals surface area contributed by atoms with Gasteiger partial charge in [-0.05, 0) is 60.6 Å². The topological polar surface area (TPSA) is 176 Å². The van der Waals surface area contributed by atoms with Gasteiger partial charge in [-0.25, -0.2) is 14.5 Å². The molecule has 1 aliphatic carbocycles. The lowest BCUT2D eigenvalue weighted by Crippen LogP contribution is -2.60. The van der Waals surface area contributed by atoms with Crippen molar-refractivity contribution in [2.45, 2.75) is 89.4 Å². The molecule has 3 aliphatic heterocycles. The molecule has 3 fully saturated rings. The highest BCUT2D eigenvalue weighted by molar-refractivity contribution is 7.87. The van der Waals surface area contributed by atoms with Crippen LogP contribution in [0.3, 0.4) is 0 Å². The smallest absolute Gasteiger partial charge is 0.407 e.